The van der Waals surface area contributed by atoms with Gasteiger partial charge in [0.2, 0.25) is 0 Å². The SMILES string of the molecule is Cc1ccccc1N1c2cc(N(c3ccccc3)c3ccccc3)cc3c2B2c4c(c(-c5ccccc5)c5oc6ccccc6c5c41)Oc1c2c(c2c(oc4ccccc42)c1-c1ccccc1)N3c1ccccc1C. The van der Waals surface area contributed by atoms with Crippen molar-refractivity contribution >= 4 is 118 Å². The van der Waals surface area contributed by atoms with Crippen LogP contribution in [0.3, 0.4) is 0 Å². The van der Waals surface area contributed by atoms with Gasteiger partial charge < -0.3 is 28.3 Å². The molecule has 7 heteroatoms. The highest BCUT2D eigenvalue weighted by Gasteiger charge is 2.53. The molecule has 0 bridgehead atoms. The van der Waals surface area contributed by atoms with E-state index >= 15 is 0 Å². The van der Waals surface area contributed by atoms with Gasteiger partial charge in [0.05, 0.1) is 39.0 Å². The third kappa shape index (κ3) is 5.86. The van der Waals surface area contributed by atoms with Gasteiger partial charge in [-0.3, -0.25) is 0 Å². The van der Waals surface area contributed by atoms with Crippen molar-refractivity contribution in [2.45, 2.75) is 13.8 Å². The van der Waals surface area contributed by atoms with Crippen LogP contribution < -0.4 is 35.8 Å². The molecule has 11 aromatic carbocycles. The third-order valence-corrected chi connectivity index (χ3v) is 15.8. The smallest absolute Gasteiger partial charge is 0.262 e. The second kappa shape index (κ2) is 15.9. The van der Waals surface area contributed by atoms with Gasteiger partial charge in [0.15, 0.2) is 0 Å². The van der Waals surface area contributed by atoms with Gasteiger partial charge in [0.1, 0.15) is 33.8 Å². The number of ether oxygens (including phenoxy) is 1. The van der Waals surface area contributed by atoms with Crippen molar-refractivity contribution in [2.75, 3.05) is 14.7 Å². The van der Waals surface area contributed by atoms with Crippen LogP contribution in [-0.2, 0) is 0 Å². The molecule has 0 spiro atoms. The summed E-state index contributed by atoms with van der Waals surface area (Å²) in [6.45, 7) is 4.13. The van der Waals surface area contributed by atoms with E-state index in [4.69, 9.17) is 13.6 Å². The summed E-state index contributed by atoms with van der Waals surface area (Å²) < 4.78 is 22.6. The number of para-hydroxylation sites is 6. The number of fused-ring (bicyclic) bond motifs is 8. The van der Waals surface area contributed by atoms with Crippen LogP contribution in [0.15, 0.2) is 239 Å². The van der Waals surface area contributed by atoms with E-state index < -0.39 is 0 Å². The highest BCUT2D eigenvalue weighted by Crippen LogP contribution is 2.60. The number of anilines is 9. The predicted molar refractivity (Wildman–Crippen MR) is 310 cm³/mol. The molecular weight excluding hydrogens is 918 g/mol. The van der Waals surface area contributed by atoms with E-state index in [1.54, 1.807) is 0 Å². The van der Waals surface area contributed by atoms with Crippen LogP contribution in [0, 0.1) is 13.8 Å². The summed E-state index contributed by atoms with van der Waals surface area (Å²) in [5.41, 5.74) is 22.2. The first-order chi connectivity index (χ1) is 37.1. The average Bonchev–Trinajstić information content (AvgIpc) is 4.08. The summed E-state index contributed by atoms with van der Waals surface area (Å²) >= 11 is 0. The second-order valence-electron chi connectivity index (χ2n) is 20.0. The number of nitrogens with zero attached hydrogens (tertiary/aromatic N) is 3. The van der Waals surface area contributed by atoms with Crippen LogP contribution in [0.5, 0.6) is 11.5 Å². The summed E-state index contributed by atoms with van der Waals surface area (Å²) in [5, 5.41) is 4.17. The van der Waals surface area contributed by atoms with E-state index in [9.17, 15) is 0 Å². The molecule has 0 amide bonds. The van der Waals surface area contributed by atoms with Crippen molar-refractivity contribution in [3.63, 3.8) is 0 Å². The van der Waals surface area contributed by atoms with Gasteiger partial charge in [-0.1, -0.05) is 170 Å². The molecule has 75 heavy (non-hydrogen) atoms. The van der Waals surface area contributed by atoms with Crippen molar-refractivity contribution in [1.82, 2.24) is 0 Å². The summed E-state index contributed by atoms with van der Waals surface area (Å²) in [6.07, 6.45) is 0. The Bertz CT molecular complexity index is 4210. The van der Waals surface area contributed by atoms with Crippen molar-refractivity contribution in [3.05, 3.63) is 242 Å². The molecule has 16 rings (SSSR count). The number of hydrogen-bond donors (Lipinski definition) is 0. The Morgan fingerprint density at radius 1 is 0.373 bits per heavy atom. The molecule has 3 aliphatic heterocycles. The Hall–Kier alpha value is -9.72. The topological polar surface area (TPSA) is 45.2 Å². The standard InChI is InChI=1S/C68H44BN3O3/c1-41-23-15-19-35-50(41)71-52-39-47(70(45-29-11-5-12-30-45)46-31-13-6-14-32-46)40-53-60(52)69-61-63(71)58-48-33-17-21-37-54(48)73-65(58)56(43-25-7-3-8-26-43)67(61)75-68-57(44-27-9-4-10-28-44)66-59(49-34-18-22-38-55(49)74-66)64(62(68)69)72(53)51-36-20-16-24-42(51)2/h3-40H,1-2H3. The summed E-state index contributed by atoms with van der Waals surface area (Å²) in [6, 6.07) is 82.3. The minimum atomic E-state index is -0.323. The average molecular weight is 962 g/mol. The zero-order valence-corrected chi connectivity index (χ0v) is 41.1. The molecule has 0 atom stereocenters. The maximum atomic E-state index is 8.05. The van der Waals surface area contributed by atoms with Crippen LogP contribution in [0.25, 0.3) is 66.1 Å². The highest BCUT2D eigenvalue weighted by atomic mass is 16.5. The maximum Gasteiger partial charge on any atom is 0.262 e. The fraction of sp³-hybridized carbons (Fsp3) is 0.0294. The van der Waals surface area contributed by atoms with Gasteiger partial charge in [-0.15, -0.1) is 0 Å². The Morgan fingerprint density at radius 3 is 1.20 bits per heavy atom. The molecule has 6 nitrogen and oxygen atoms in total. The Morgan fingerprint density at radius 2 is 0.760 bits per heavy atom. The van der Waals surface area contributed by atoms with E-state index in [2.05, 4.69) is 259 Å². The van der Waals surface area contributed by atoms with Gasteiger partial charge in [-0.2, -0.15) is 0 Å². The fourth-order valence-corrected chi connectivity index (χ4v) is 12.7. The molecule has 0 saturated carbocycles. The molecule has 352 valence electrons. The van der Waals surface area contributed by atoms with E-state index in [-0.39, 0.29) is 6.71 Å². The van der Waals surface area contributed by atoms with E-state index in [0.29, 0.717) is 0 Å². The molecule has 0 radical (unpaired) electrons. The molecular formula is C68H44BN3O3. The molecule has 0 unspecified atom stereocenters. The van der Waals surface area contributed by atoms with Crippen LogP contribution in [0.4, 0.5) is 51.2 Å². The lowest BCUT2D eigenvalue weighted by Crippen LogP contribution is -2.63. The number of rotatable bonds is 7. The number of benzene rings is 11. The van der Waals surface area contributed by atoms with Crippen LogP contribution >= 0.6 is 0 Å². The Kier molecular flexibility index (Phi) is 8.87. The molecule has 2 aromatic heterocycles. The molecule has 5 heterocycles. The normalized spacial score (nSPS) is 13.0. The predicted octanol–water partition coefficient (Wildman–Crippen LogP) is 17.1. The monoisotopic (exact) mass is 961 g/mol. The first kappa shape index (κ1) is 41.9. The van der Waals surface area contributed by atoms with Gasteiger partial charge in [0, 0.05) is 44.9 Å². The van der Waals surface area contributed by atoms with Crippen molar-refractivity contribution in [2.24, 2.45) is 0 Å². The molecule has 0 fully saturated rings. The summed E-state index contributed by atoms with van der Waals surface area (Å²) in [4.78, 5) is 7.48. The summed E-state index contributed by atoms with van der Waals surface area (Å²) in [5.74, 6) is 1.55. The highest BCUT2D eigenvalue weighted by molar-refractivity contribution is 7.02. The maximum absolute atomic E-state index is 8.05. The largest absolute Gasteiger partial charge is 0.457 e. The molecule has 0 N–H and O–H groups in total. The van der Waals surface area contributed by atoms with Crippen LogP contribution in [0.2, 0.25) is 0 Å². The lowest BCUT2D eigenvalue weighted by Gasteiger charge is -2.48. The van der Waals surface area contributed by atoms with Gasteiger partial charge in [0.25, 0.3) is 6.71 Å². The number of hydrogen-bond acceptors (Lipinski definition) is 6. The van der Waals surface area contributed by atoms with Gasteiger partial charge in [-0.05, 0) is 113 Å². The third-order valence-electron chi connectivity index (χ3n) is 15.8. The molecule has 0 aliphatic carbocycles. The molecule has 13 aromatic rings. The zero-order valence-electron chi connectivity index (χ0n) is 41.1. The lowest BCUT2D eigenvalue weighted by atomic mass is 9.32. The molecule has 0 saturated heterocycles. The van der Waals surface area contributed by atoms with E-state index in [1.807, 2.05) is 0 Å². The van der Waals surface area contributed by atoms with Gasteiger partial charge >= 0.3 is 0 Å². The Balaban J connectivity index is 1.18. The van der Waals surface area contributed by atoms with Crippen LogP contribution in [-0.4, -0.2) is 6.71 Å². The minimum absolute atomic E-state index is 0.323. The van der Waals surface area contributed by atoms with Crippen molar-refractivity contribution < 1.29 is 13.6 Å². The van der Waals surface area contributed by atoms with Crippen molar-refractivity contribution in [3.8, 4) is 33.8 Å². The van der Waals surface area contributed by atoms with Crippen LogP contribution in [0.1, 0.15) is 11.1 Å². The first-order valence-corrected chi connectivity index (χ1v) is 25.7. The molecule has 3 aliphatic rings. The number of aryl methyl sites for hydroxylation is 2. The minimum Gasteiger partial charge on any atom is -0.457 e. The lowest BCUT2D eigenvalue weighted by molar-refractivity contribution is 0.490. The van der Waals surface area contributed by atoms with E-state index in [0.717, 1.165) is 151 Å². The second-order valence-corrected chi connectivity index (χ2v) is 20.0. The zero-order chi connectivity index (χ0) is 49.5. The van der Waals surface area contributed by atoms with E-state index in [1.165, 1.54) is 5.46 Å². The fourth-order valence-electron chi connectivity index (χ4n) is 12.7. The first-order valence-electron chi connectivity index (χ1n) is 25.7. The van der Waals surface area contributed by atoms with Gasteiger partial charge in [-0.25, -0.2) is 0 Å². The van der Waals surface area contributed by atoms with Crippen molar-refractivity contribution in [1.29, 1.82) is 0 Å². The summed E-state index contributed by atoms with van der Waals surface area (Å²) in [7, 11) is 0. The quantitative estimate of drug-likeness (QED) is 0.148. The Labute approximate surface area is 433 Å². The number of furan rings is 2.